The molecule has 1 aromatic heterocycles. The SMILES string of the molecule is CC(C)(C)C(O)Cc1ncnc2c1CCCCC2. The van der Waals surface area contributed by atoms with Crippen LogP contribution in [-0.2, 0) is 19.3 Å². The third kappa shape index (κ3) is 3.08. The van der Waals surface area contributed by atoms with E-state index in [-0.39, 0.29) is 11.5 Å². The summed E-state index contributed by atoms with van der Waals surface area (Å²) >= 11 is 0. The van der Waals surface area contributed by atoms with E-state index < -0.39 is 0 Å². The Morgan fingerprint density at radius 2 is 1.89 bits per heavy atom. The summed E-state index contributed by atoms with van der Waals surface area (Å²) in [6.45, 7) is 6.20. The first kappa shape index (κ1) is 13.5. The summed E-state index contributed by atoms with van der Waals surface area (Å²) in [5.74, 6) is 0. The van der Waals surface area contributed by atoms with Crippen LogP contribution < -0.4 is 0 Å². The van der Waals surface area contributed by atoms with Crippen molar-refractivity contribution in [1.82, 2.24) is 9.97 Å². The van der Waals surface area contributed by atoms with Gasteiger partial charge >= 0.3 is 0 Å². The Bertz CT molecular complexity index is 409. The fourth-order valence-corrected chi connectivity index (χ4v) is 2.43. The molecule has 100 valence electrons. The predicted molar refractivity (Wildman–Crippen MR) is 72.5 cm³/mol. The number of fused-ring (bicyclic) bond motifs is 1. The third-order valence-corrected chi connectivity index (χ3v) is 3.85. The molecule has 0 fully saturated rings. The monoisotopic (exact) mass is 248 g/mol. The smallest absolute Gasteiger partial charge is 0.115 e. The molecule has 0 saturated carbocycles. The maximum absolute atomic E-state index is 10.3. The number of aliphatic hydroxyl groups excluding tert-OH is 1. The fourth-order valence-electron chi connectivity index (χ4n) is 2.43. The molecule has 3 nitrogen and oxygen atoms in total. The molecule has 0 aliphatic heterocycles. The molecule has 1 N–H and O–H groups in total. The van der Waals surface area contributed by atoms with Crippen molar-refractivity contribution < 1.29 is 5.11 Å². The zero-order valence-corrected chi connectivity index (χ0v) is 11.7. The van der Waals surface area contributed by atoms with E-state index in [1.54, 1.807) is 6.33 Å². The van der Waals surface area contributed by atoms with Crippen molar-refractivity contribution in [2.75, 3.05) is 0 Å². The molecule has 0 spiro atoms. The Balaban J connectivity index is 2.23. The van der Waals surface area contributed by atoms with Crippen molar-refractivity contribution in [1.29, 1.82) is 0 Å². The largest absolute Gasteiger partial charge is 0.392 e. The number of aliphatic hydroxyl groups is 1. The maximum atomic E-state index is 10.3. The number of aromatic nitrogens is 2. The van der Waals surface area contributed by atoms with Crippen LogP contribution in [0.1, 0.15) is 57.0 Å². The highest BCUT2D eigenvalue weighted by Crippen LogP contribution is 2.26. The van der Waals surface area contributed by atoms with Crippen molar-refractivity contribution in [2.45, 2.75) is 65.4 Å². The lowest BCUT2D eigenvalue weighted by Gasteiger charge is -2.26. The standard InChI is InChI=1S/C15H24N2O/c1-15(2,3)14(18)9-13-11-7-5-4-6-8-12(11)16-10-17-13/h10,14,18H,4-9H2,1-3H3. The van der Waals surface area contributed by atoms with E-state index in [0.29, 0.717) is 6.42 Å². The van der Waals surface area contributed by atoms with Crippen LogP contribution in [0.4, 0.5) is 0 Å². The molecule has 1 unspecified atom stereocenters. The average molecular weight is 248 g/mol. The van der Waals surface area contributed by atoms with E-state index in [2.05, 4.69) is 30.7 Å². The van der Waals surface area contributed by atoms with Gasteiger partial charge in [-0.1, -0.05) is 27.2 Å². The van der Waals surface area contributed by atoms with E-state index in [4.69, 9.17) is 0 Å². The van der Waals surface area contributed by atoms with Crippen molar-refractivity contribution in [3.8, 4) is 0 Å². The molecule has 1 heterocycles. The van der Waals surface area contributed by atoms with E-state index in [1.165, 1.54) is 30.5 Å². The summed E-state index contributed by atoms with van der Waals surface area (Å²) in [5.41, 5.74) is 3.48. The quantitative estimate of drug-likeness (QED) is 0.819. The lowest BCUT2D eigenvalue weighted by Crippen LogP contribution is -2.29. The van der Waals surface area contributed by atoms with Gasteiger partial charge in [0.05, 0.1) is 6.10 Å². The first-order chi connectivity index (χ1) is 8.48. The van der Waals surface area contributed by atoms with Gasteiger partial charge in [-0.25, -0.2) is 9.97 Å². The van der Waals surface area contributed by atoms with Gasteiger partial charge in [-0.05, 0) is 36.7 Å². The number of rotatable bonds is 2. The zero-order chi connectivity index (χ0) is 13.2. The Morgan fingerprint density at radius 1 is 1.17 bits per heavy atom. The van der Waals surface area contributed by atoms with Gasteiger partial charge < -0.3 is 5.11 Å². The second kappa shape index (κ2) is 5.35. The molecule has 0 aromatic carbocycles. The molecular formula is C15H24N2O. The van der Waals surface area contributed by atoms with Gasteiger partial charge in [-0.15, -0.1) is 0 Å². The molecule has 1 aliphatic rings. The molecule has 1 aromatic rings. The van der Waals surface area contributed by atoms with Crippen LogP contribution in [0.3, 0.4) is 0 Å². The average Bonchev–Trinajstić information content (AvgIpc) is 2.53. The first-order valence-corrected chi connectivity index (χ1v) is 6.98. The molecule has 1 aliphatic carbocycles. The molecule has 2 rings (SSSR count). The van der Waals surface area contributed by atoms with Gasteiger partial charge in [-0.3, -0.25) is 0 Å². The Hall–Kier alpha value is -0.960. The highest BCUT2D eigenvalue weighted by atomic mass is 16.3. The minimum Gasteiger partial charge on any atom is -0.392 e. The van der Waals surface area contributed by atoms with E-state index in [0.717, 1.165) is 18.5 Å². The Morgan fingerprint density at radius 3 is 2.61 bits per heavy atom. The summed E-state index contributed by atoms with van der Waals surface area (Å²) < 4.78 is 0. The van der Waals surface area contributed by atoms with Gasteiger partial charge in [0.15, 0.2) is 0 Å². The predicted octanol–water partition coefficient (Wildman–Crippen LogP) is 2.70. The first-order valence-electron chi connectivity index (χ1n) is 6.98. The van der Waals surface area contributed by atoms with Crippen LogP contribution in [0.2, 0.25) is 0 Å². The van der Waals surface area contributed by atoms with Crippen LogP contribution in [0.25, 0.3) is 0 Å². The van der Waals surface area contributed by atoms with Crippen molar-refractivity contribution >= 4 is 0 Å². The van der Waals surface area contributed by atoms with Gasteiger partial charge in [0.25, 0.3) is 0 Å². The summed E-state index contributed by atoms with van der Waals surface area (Å²) in [6.07, 6.45) is 7.82. The fraction of sp³-hybridized carbons (Fsp3) is 0.733. The van der Waals surface area contributed by atoms with Gasteiger partial charge in [0.2, 0.25) is 0 Å². The van der Waals surface area contributed by atoms with Gasteiger partial charge in [-0.2, -0.15) is 0 Å². The summed E-state index contributed by atoms with van der Waals surface area (Å²) in [4.78, 5) is 8.83. The topological polar surface area (TPSA) is 46.0 Å². The van der Waals surface area contributed by atoms with Gasteiger partial charge in [0, 0.05) is 17.8 Å². The molecule has 18 heavy (non-hydrogen) atoms. The van der Waals surface area contributed by atoms with E-state index in [9.17, 15) is 5.11 Å². The minimum atomic E-state index is -0.347. The third-order valence-electron chi connectivity index (χ3n) is 3.85. The molecular weight excluding hydrogens is 224 g/mol. The van der Waals surface area contributed by atoms with Crippen LogP contribution in [0, 0.1) is 5.41 Å². The lowest BCUT2D eigenvalue weighted by molar-refractivity contribution is 0.0625. The lowest BCUT2D eigenvalue weighted by atomic mass is 9.85. The van der Waals surface area contributed by atoms with Crippen LogP contribution in [-0.4, -0.2) is 21.2 Å². The van der Waals surface area contributed by atoms with Crippen molar-refractivity contribution in [3.05, 3.63) is 23.3 Å². The van der Waals surface area contributed by atoms with Crippen LogP contribution in [0.5, 0.6) is 0 Å². The van der Waals surface area contributed by atoms with Crippen molar-refractivity contribution in [3.63, 3.8) is 0 Å². The minimum absolute atomic E-state index is 0.0947. The normalized spacial score (nSPS) is 18.0. The molecule has 0 bridgehead atoms. The van der Waals surface area contributed by atoms with E-state index >= 15 is 0 Å². The number of hydrogen-bond acceptors (Lipinski definition) is 3. The number of hydrogen-bond donors (Lipinski definition) is 1. The second-order valence-electron chi connectivity index (χ2n) is 6.39. The number of aryl methyl sites for hydroxylation is 1. The molecule has 0 saturated heterocycles. The molecule has 1 atom stereocenters. The second-order valence-corrected chi connectivity index (χ2v) is 6.39. The molecule has 3 heteroatoms. The van der Waals surface area contributed by atoms with Crippen LogP contribution in [0.15, 0.2) is 6.33 Å². The van der Waals surface area contributed by atoms with E-state index in [1.807, 2.05) is 0 Å². The summed E-state index contributed by atoms with van der Waals surface area (Å²) in [5, 5.41) is 10.3. The van der Waals surface area contributed by atoms with Crippen molar-refractivity contribution in [2.24, 2.45) is 5.41 Å². The van der Waals surface area contributed by atoms with Gasteiger partial charge in [0.1, 0.15) is 6.33 Å². The zero-order valence-electron chi connectivity index (χ0n) is 11.7. The summed E-state index contributed by atoms with van der Waals surface area (Å²) in [6, 6.07) is 0. The highest BCUT2D eigenvalue weighted by molar-refractivity contribution is 5.26. The highest BCUT2D eigenvalue weighted by Gasteiger charge is 2.25. The maximum Gasteiger partial charge on any atom is 0.115 e. The number of nitrogens with zero attached hydrogens (tertiary/aromatic N) is 2. The Kier molecular flexibility index (Phi) is 4.00. The summed E-state index contributed by atoms with van der Waals surface area (Å²) in [7, 11) is 0. The molecule has 0 radical (unpaired) electrons. The Labute approximate surface area is 110 Å². The van der Waals surface area contributed by atoms with Crippen LogP contribution >= 0.6 is 0 Å². The molecule has 0 amide bonds.